The van der Waals surface area contributed by atoms with Gasteiger partial charge in [-0.2, -0.15) is 0 Å². The molecule has 3 nitrogen and oxygen atoms in total. The van der Waals surface area contributed by atoms with Gasteiger partial charge in [0, 0.05) is 17.1 Å². The van der Waals surface area contributed by atoms with Crippen molar-refractivity contribution in [3.05, 3.63) is 75.4 Å². The highest BCUT2D eigenvalue weighted by Gasteiger charge is 2.21. The molecule has 112 valence electrons. The summed E-state index contributed by atoms with van der Waals surface area (Å²) in [6.07, 6.45) is 0. The number of nitrogens with zero attached hydrogens (tertiary/aromatic N) is 1. The van der Waals surface area contributed by atoms with Gasteiger partial charge in [0.05, 0.1) is 16.1 Å². The minimum absolute atomic E-state index is 0.144. The molecule has 1 aromatic heterocycles. The number of hydrogen-bond donors (Lipinski definition) is 1. The summed E-state index contributed by atoms with van der Waals surface area (Å²) in [5.41, 5.74) is 6.24. The van der Waals surface area contributed by atoms with Gasteiger partial charge in [-0.15, -0.1) is 0 Å². The highest BCUT2D eigenvalue weighted by molar-refractivity contribution is 6.35. The van der Waals surface area contributed by atoms with Crippen LogP contribution in [0.15, 0.2) is 53.3 Å². The van der Waals surface area contributed by atoms with Gasteiger partial charge in [0.1, 0.15) is 0 Å². The highest BCUT2D eigenvalue weighted by atomic mass is 35.5. The number of hydrogen-bond acceptors (Lipinski definition) is 2. The number of benzene rings is 2. The number of pyridine rings is 1. The van der Waals surface area contributed by atoms with Gasteiger partial charge in [0.15, 0.2) is 5.82 Å². The van der Waals surface area contributed by atoms with Gasteiger partial charge >= 0.3 is 0 Å². The van der Waals surface area contributed by atoms with Gasteiger partial charge in [-0.05, 0) is 25.1 Å². The van der Waals surface area contributed by atoms with E-state index in [-0.39, 0.29) is 27.0 Å². The molecule has 0 amide bonds. The molecule has 1 unspecified atom stereocenters. The Balaban J connectivity index is 2.55. The van der Waals surface area contributed by atoms with Crippen LogP contribution in [0.2, 0.25) is 5.02 Å². The largest absolute Gasteiger partial charge is 0.323 e. The molecule has 0 saturated heterocycles. The lowest BCUT2D eigenvalue weighted by Gasteiger charge is -2.18. The van der Waals surface area contributed by atoms with E-state index >= 15 is 0 Å². The molecule has 3 aromatic rings. The van der Waals surface area contributed by atoms with Crippen molar-refractivity contribution in [3.63, 3.8) is 0 Å². The lowest BCUT2D eigenvalue weighted by atomic mass is 10.1. The Morgan fingerprint density at radius 3 is 2.45 bits per heavy atom. The summed E-state index contributed by atoms with van der Waals surface area (Å²) in [7, 11) is 0. The maximum Gasteiger partial charge on any atom is 0.264 e. The summed E-state index contributed by atoms with van der Waals surface area (Å²) in [6, 6.07) is 12.9. The molecule has 2 aromatic carbocycles. The Labute approximate surface area is 131 Å². The molecule has 5 heteroatoms. The molecule has 1 atom stereocenters. The number of fused-ring (bicyclic) bond motifs is 1. The van der Waals surface area contributed by atoms with Crippen molar-refractivity contribution >= 4 is 22.4 Å². The van der Waals surface area contributed by atoms with Crippen molar-refractivity contribution in [2.24, 2.45) is 5.73 Å². The molecule has 0 saturated carbocycles. The van der Waals surface area contributed by atoms with Crippen molar-refractivity contribution in [2.75, 3.05) is 0 Å². The van der Waals surface area contributed by atoms with Crippen molar-refractivity contribution < 1.29 is 4.39 Å². The van der Waals surface area contributed by atoms with Crippen LogP contribution in [0.1, 0.15) is 18.7 Å². The van der Waals surface area contributed by atoms with E-state index in [0.29, 0.717) is 5.69 Å². The molecule has 0 aliphatic heterocycles. The summed E-state index contributed by atoms with van der Waals surface area (Å²) in [6.45, 7) is 1.65. The predicted octanol–water partition coefficient (Wildman–Crippen LogP) is 3.80. The molecule has 0 radical (unpaired) electrons. The van der Waals surface area contributed by atoms with E-state index in [1.807, 2.05) is 6.07 Å². The monoisotopic (exact) mass is 316 g/mol. The molecule has 0 aliphatic rings. The maximum atomic E-state index is 14.9. The Kier molecular flexibility index (Phi) is 3.72. The first-order chi connectivity index (χ1) is 10.5. The van der Waals surface area contributed by atoms with E-state index in [1.165, 1.54) is 4.57 Å². The molecule has 0 aliphatic carbocycles. The standard InChI is InChI=1S/C17H14ClFN2O/c1-10(20)16-15(19)12-8-5-9-13(18)14(12)17(22)21(16)11-6-3-2-4-7-11/h2-10H,20H2,1H3. The number of nitrogens with two attached hydrogens (primary N) is 1. The fourth-order valence-corrected chi connectivity index (χ4v) is 2.87. The third-order valence-corrected chi connectivity index (χ3v) is 3.89. The lowest BCUT2D eigenvalue weighted by molar-refractivity contribution is 0.574. The average Bonchev–Trinajstić information content (AvgIpc) is 2.50. The lowest BCUT2D eigenvalue weighted by Crippen LogP contribution is -2.27. The predicted molar refractivity (Wildman–Crippen MR) is 87.1 cm³/mol. The van der Waals surface area contributed by atoms with Crippen LogP contribution in [-0.2, 0) is 0 Å². The van der Waals surface area contributed by atoms with Crippen LogP contribution in [0.25, 0.3) is 16.5 Å². The Morgan fingerprint density at radius 2 is 1.82 bits per heavy atom. The minimum atomic E-state index is -0.642. The second-order valence-electron chi connectivity index (χ2n) is 5.13. The van der Waals surface area contributed by atoms with Crippen LogP contribution in [0.4, 0.5) is 4.39 Å². The summed E-state index contributed by atoms with van der Waals surface area (Å²) in [5, 5.41) is 0.578. The summed E-state index contributed by atoms with van der Waals surface area (Å²) >= 11 is 6.11. The molecule has 3 rings (SSSR count). The zero-order valence-corrected chi connectivity index (χ0v) is 12.6. The van der Waals surface area contributed by atoms with Gasteiger partial charge in [0.25, 0.3) is 5.56 Å². The van der Waals surface area contributed by atoms with Gasteiger partial charge in [-0.25, -0.2) is 4.39 Å². The van der Waals surface area contributed by atoms with Crippen LogP contribution in [0.5, 0.6) is 0 Å². The third-order valence-electron chi connectivity index (χ3n) is 3.58. The van der Waals surface area contributed by atoms with Gasteiger partial charge < -0.3 is 5.73 Å². The van der Waals surface area contributed by atoms with Crippen LogP contribution >= 0.6 is 11.6 Å². The van der Waals surface area contributed by atoms with E-state index in [4.69, 9.17) is 17.3 Å². The quantitative estimate of drug-likeness (QED) is 0.781. The first kappa shape index (κ1) is 14.8. The van der Waals surface area contributed by atoms with Gasteiger partial charge in [-0.1, -0.05) is 41.9 Å². The second kappa shape index (κ2) is 5.55. The second-order valence-corrected chi connectivity index (χ2v) is 5.53. The van der Waals surface area contributed by atoms with Crippen LogP contribution in [0.3, 0.4) is 0 Å². The molecule has 0 spiro atoms. The third kappa shape index (κ3) is 2.21. The fraction of sp³-hybridized carbons (Fsp3) is 0.118. The van der Waals surface area contributed by atoms with Gasteiger partial charge in [-0.3, -0.25) is 9.36 Å². The molecule has 0 bridgehead atoms. The normalized spacial score (nSPS) is 12.5. The summed E-state index contributed by atoms with van der Waals surface area (Å²) < 4.78 is 16.2. The smallest absolute Gasteiger partial charge is 0.264 e. The number of para-hydroxylation sites is 1. The topological polar surface area (TPSA) is 48.0 Å². The SMILES string of the molecule is CC(N)c1c(F)c2cccc(Cl)c2c(=O)n1-c1ccccc1. The number of aromatic nitrogens is 1. The van der Waals surface area contributed by atoms with Crippen LogP contribution in [-0.4, -0.2) is 4.57 Å². The van der Waals surface area contributed by atoms with Crippen molar-refractivity contribution in [3.8, 4) is 5.69 Å². The highest BCUT2D eigenvalue weighted by Crippen LogP contribution is 2.28. The summed E-state index contributed by atoms with van der Waals surface area (Å²) in [5.74, 6) is -0.518. The van der Waals surface area contributed by atoms with E-state index in [1.54, 1.807) is 49.4 Å². The molecule has 22 heavy (non-hydrogen) atoms. The zero-order chi connectivity index (χ0) is 15.9. The van der Waals surface area contributed by atoms with E-state index < -0.39 is 11.9 Å². The Bertz CT molecular complexity index is 904. The first-order valence-corrected chi connectivity index (χ1v) is 7.23. The fourth-order valence-electron chi connectivity index (χ4n) is 2.62. The number of rotatable bonds is 2. The zero-order valence-electron chi connectivity index (χ0n) is 11.9. The van der Waals surface area contributed by atoms with E-state index in [2.05, 4.69) is 0 Å². The molecular formula is C17H14ClFN2O. The van der Waals surface area contributed by atoms with Crippen molar-refractivity contribution in [1.82, 2.24) is 4.57 Å². The van der Waals surface area contributed by atoms with Gasteiger partial charge in [0.2, 0.25) is 0 Å². The van der Waals surface area contributed by atoms with E-state index in [9.17, 15) is 9.18 Å². The minimum Gasteiger partial charge on any atom is -0.323 e. The molecule has 1 heterocycles. The molecule has 2 N–H and O–H groups in total. The Hall–Kier alpha value is -2.17. The average molecular weight is 317 g/mol. The van der Waals surface area contributed by atoms with Crippen LogP contribution < -0.4 is 11.3 Å². The maximum absolute atomic E-state index is 14.9. The molecular weight excluding hydrogens is 303 g/mol. The van der Waals surface area contributed by atoms with Crippen molar-refractivity contribution in [2.45, 2.75) is 13.0 Å². The van der Waals surface area contributed by atoms with Crippen LogP contribution in [0, 0.1) is 5.82 Å². The van der Waals surface area contributed by atoms with Crippen molar-refractivity contribution in [1.29, 1.82) is 0 Å². The van der Waals surface area contributed by atoms with E-state index in [0.717, 1.165) is 0 Å². The number of halogens is 2. The first-order valence-electron chi connectivity index (χ1n) is 6.86. The Morgan fingerprint density at radius 1 is 1.14 bits per heavy atom. The summed E-state index contributed by atoms with van der Waals surface area (Å²) in [4.78, 5) is 12.9. The molecule has 0 fully saturated rings.